The van der Waals surface area contributed by atoms with Crippen LogP contribution in [0.5, 0.6) is 0 Å². The molecule has 0 heterocycles. The molecule has 0 aliphatic heterocycles. The summed E-state index contributed by atoms with van der Waals surface area (Å²) in [4.78, 5) is 11.3. The van der Waals surface area contributed by atoms with E-state index in [-0.39, 0.29) is 17.4 Å². The van der Waals surface area contributed by atoms with Gasteiger partial charge in [0.2, 0.25) is 0 Å². The van der Waals surface area contributed by atoms with Gasteiger partial charge < -0.3 is 5.11 Å². The number of benzene rings is 1. The second kappa shape index (κ2) is 6.38. The van der Waals surface area contributed by atoms with Crippen molar-refractivity contribution in [3.8, 4) is 0 Å². The minimum absolute atomic E-state index is 0.0904. The van der Waals surface area contributed by atoms with Crippen molar-refractivity contribution in [3.63, 3.8) is 0 Å². The highest BCUT2D eigenvalue weighted by Crippen LogP contribution is 2.39. The minimum atomic E-state index is -3.74. The van der Waals surface area contributed by atoms with Crippen LogP contribution in [-0.2, 0) is 19.1 Å². The molecule has 1 saturated carbocycles. The van der Waals surface area contributed by atoms with Crippen molar-refractivity contribution >= 4 is 16.1 Å². The van der Waals surface area contributed by atoms with E-state index in [9.17, 15) is 18.3 Å². The zero-order valence-corrected chi connectivity index (χ0v) is 13.7. The lowest BCUT2D eigenvalue weighted by Crippen LogP contribution is -2.33. The smallest absolute Gasteiger partial charge is 0.309 e. The van der Waals surface area contributed by atoms with E-state index in [0.717, 1.165) is 5.56 Å². The molecular formula is C16H22O5S. The highest BCUT2D eigenvalue weighted by atomic mass is 32.2. The summed E-state index contributed by atoms with van der Waals surface area (Å²) in [6, 6.07) is 6.53. The molecule has 1 N–H and O–H groups in total. The molecule has 1 fully saturated rings. The van der Waals surface area contributed by atoms with Crippen molar-refractivity contribution in [1.82, 2.24) is 0 Å². The zero-order valence-electron chi connectivity index (χ0n) is 12.9. The van der Waals surface area contributed by atoms with Crippen molar-refractivity contribution < 1.29 is 22.5 Å². The van der Waals surface area contributed by atoms with Crippen LogP contribution in [0.2, 0.25) is 0 Å². The van der Waals surface area contributed by atoms with Crippen LogP contribution in [-0.4, -0.2) is 26.1 Å². The molecule has 0 saturated heterocycles. The summed E-state index contributed by atoms with van der Waals surface area (Å²) in [6.07, 6.45) is 2.46. The van der Waals surface area contributed by atoms with E-state index in [2.05, 4.69) is 0 Å². The quantitative estimate of drug-likeness (QED) is 0.841. The van der Waals surface area contributed by atoms with Crippen LogP contribution in [0.25, 0.3) is 0 Å². The highest BCUT2D eigenvalue weighted by Gasteiger charge is 2.37. The SMILES string of the molecule is Cc1ccc(S(=O)(=O)OC[C@H]2CC[C@](C)(C(=O)O)CC2)cc1. The first-order valence-electron chi connectivity index (χ1n) is 7.42. The van der Waals surface area contributed by atoms with Crippen LogP contribution in [0.3, 0.4) is 0 Å². The fourth-order valence-electron chi connectivity index (χ4n) is 2.65. The van der Waals surface area contributed by atoms with Gasteiger partial charge in [-0.05, 0) is 57.6 Å². The molecule has 0 unspecified atom stereocenters. The van der Waals surface area contributed by atoms with E-state index in [0.29, 0.717) is 25.7 Å². The minimum Gasteiger partial charge on any atom is -0.481 e. The highest BCUT2D eigenvalue weighted by molar-refractivity contribution is 7.86. The molecule has 1 aliphatic carbocycles. The van der Waals surface area contributed by atoms with Gasteiger partial charge in [0.05, 0.1) is 16.9 Å². The third-order valence-electron chi connectivity index (χ3n) is 4.49. The number of carboxylic acid groups (broad SMARTS) is 1. The molecule has 1 aromatic carbocycles. The predicted octanol–water partition coefficient (Wildman–Crippen LogP) is 2.98. The number of rotatable bonds is 5. The van der Waals surface area contributed by atoms with Gasteiger partial charge in [-0.25, -0.2) is 0 Å². The molecular weight excluding hydrogens is 304 g/mol. The van der Waals surface area contributed by atoms with Gasteiger partial charge in [-0.15, -0.1) is 0 Å². The van der Waals surface area contributed by atoms with Crippen molar-refractivity contribution in [2.75, 3.05) is 6.61 Å². The Kier molecular flexibility index (Phi) is 4.92. The van der Waals surface area contributed by atoms with Crippen LogP contribution in [0.4, 0.5) is 0 Å². The number of carboxylic acids is 1. The van der Waals surface area contributed by atoms with Crippen molar-refractivity contribution in [2.45, 2.75) is 44.4 Å². The molecule has 0 aromatic heterocycles. The normalized spacial score (nSPS) is 25.8. The summed E-state index contributed by atoms with van der Waals surface area (Å²) < 4.78 is 29.4. The van der Waals surface area contributed by atoms with Gasteiger partial charge in [-0.3, -0.25) is 8.98 Å². The first-order chi connectivity index (χ1) is 10.2. The average molecular weight is 326 g/mol. The maximum Gasteiger partial charge on any atom is 0.309 e. The van der Waals surface area contributed by atoms with E-state index in [1.54, 1.807) is 19.1 Å². The molecule has 122 valence electrons. The second-order valence-corrected chi connectivity index (χ2v) is 7.98. The predicted molar refractivity (Wildman–Crippen MR) is 82.0 cm³/mol. The zero-order chi connectivity index (χ0) is 16.4. The van der Waals surface area contributed by atoms with Gasteiger partial charge in [0.25, 0.3) is 10.1 Å². The standard InChI is InChI=1S/C16H22O5S/c1-12-3-5-14(6-4-12)22(19,20)21-11-13-7-9-16(2,10-8-13)15(17)18/h3-6,13H,7-11H2,1-2H3,(H,17,18)/t13-,16-. The number of aryl methyl sites for hydroxylation is 1. The van der Waals surface area contributed by atoms with E-state index in [1.807, 2.05) is 6.92 Å². The third kappa shape index (κ3) is 3.87. The Morgan fingerprint density at radius 2 is 1.82 bits per heavy atom. The molecule has 0 atom stereocenters. The molecule has 0 amide bonds. The Morgan fingerprint density at radius 1 is 1.27 bits per heavy atom. The van der Waals surface area contributed by atoms with E-state index >= 15 is 0 Å². The molecule has 0 radical (unpaired) electrons. The fraction of sp³-hybridized carbons (Fsp3) is 0.562. The summed E-state index contributed by atoms with van der Waals surface area (Å²) in [5, 5.41) is 9.19. The Hall–Kier alpha value is -1.40. The van der Waals surface area contributed by atoms with Gasteiger partial charge in [0.15, 0.2) is 0 Å². The molecule has 6 heteroatoms. The van der Waals surface area contributed by atoms with Gasteiger partial charge >= 0.3 is 5.97 Å². The number of hydrogen-bond donors (Lipinski definition) is 1. The van der Waals surface area contributed by atoms with Crippen LogP contribution in [0.1, 0.15) is 38.2 Å². The Morgan fingerprint density at radius 3 is 2.32 bits per heavy atom. The lowest BCUT2D eigenvalue weighted by Gasteiger charge is -2.33. The molecule has 1 aromatic rings. The summed E-state index contributed by atoms with van der Waals surface area (Å²) in [5.41, 5.74) is 0.297. The van der Waals surface area contributed by atoms with Gasteiger partial charge in [0.1, 0.15) is 0 Å². The Labute approximate surface area is 131 Å². The molecule has 5 nitrogen and oxygen atoms in total. The molecule has 22 heavy (non-hydrogen) atoms. The average Bonchev–Trinajstić information content (AvgIpc) is 2.47. The lowest BCUT2D eigenvalue weighted by atomic mass is 9.72. The van der Waals surface area contributed by atoms with E-state index in [4.69, 9.17) is 4.18 Å². The van der Waals surface area contributed by atoms with Crippen LogP contribution in [0, 0.1) is 18.3 Å². The maximum absolute atomic E-state index is 12.1. The topological polar surface area (TPSA) is 80.7 Å². The summed E-state index contributed by atoms with van der Waals surface area (Å²) in [6.45, 7) is 3.75. The Balaban J connectivity index is 1.91. The van der Waals surface area contributed by atoms with Crippen molar-refractivity contribution in [2.24, 2.45) is 11.3 Å². The van der Waals surface area contributed by atoms with E-state index < -0.39 is 21.5 Å². The molecule has 0 spiro atoms. The summed E-state index contributed by atoms with van der Waals surface area (Å²) in [7, 11) is -3.74. The first-order valence-corrected chi connectivity index (χ1v) is 8.83. The van der Waals surface area contributed by atoms with Crippen LogP contribution < -0.4 is 0 Å². The van der Waals surface area contributed by atoms with Crippen LogP contribution in [0.15, 0.2) is 29.2 Å². The Bertz CT molecular complexity index is 625. The number of hydrogen-bond acceptors (Lipinski definition) is 4. The maximum atomic E-state index is 12.1. The van der Waals surface area contributed by atoms with E-state index in [1.165, 1.54) is 12.1 Å². The van der Waals surface area contributed by atoms with Crippen LogP contribution >= 0.6 is 0 Å². The number of carbonyl (C=O) groups is 1. The lowest BCUT2D eigenvalue weighted by molar-refractivity contribution is -0.150. The van der Waals surface area contributed by atoms with Gasteiger partial charge in [-0.2, -0.15) is 8.42 Å². The molecule has 0 bridgehead atoms. The summed E-state index contributed by atoms with van der Waals surface area (Å²) in [5.74, 6) is -0.688. The second-order valence-electron chi connectivity index (χ2n) is 6.36. The van der Waals surface area contributed by atoms with Crippen molar-refractivity contribution in [3.05, 3.63) is 29.8 Å². The van der Waals surface area contributed by atoms with Crippen molar-refractivity contribution in [1.29, 1.82) is 0 Å². The largest absolute Gasteiger partial charge is 0.481 e. The monoisotopic (exact) mass is 326 g/mol. The fourth-order valence-corrected chi connectivity index (χ4v) is 3.63. The van der Waals surface area contributed by atoms with Gasteiger partial charge in [-0.1, -0.05) is 17.7 Å². The molecule has 2 rings (SSSR count). The third-order valence-corrected chi connectivity index (χ3v) is 5.79. The summed E-state index contributed by atoms with van der Waals surface area (Å²) >= 11 is 0. The number of aliphatic carboxylic acids is 1. The first kappa shape index (κ1) is 17.0. The van der Waals surface area contributed by atoms with Gasteiger partial charge in [0, 0.05) is 0 Å². The molecule has 1 aliphatic rings.